The van der Waals surface area contributed by atoms with Gasteiger partial charge in [-0.2, -0.15) is 0 Å². The van der Waals surface area contributed by atoms with Gasteiger partial charge in [0, 0.05) is 22.3 Å². The number of halogens is 1. The van der Waals surface area contributed by atoms with Gasteiger partial charge in [0.1, 0.15) is 6.54 Å². The van der Waals surface area contributed by atoms with E-state index in [9.17, 15) is 9.59 Å². The Morgan fingerprint density at radius 2 is 1.81 bits per heavy atom. The number of aryl methyl sites for hydroxylation is 1. The van der Waals surface area contributed by atoms with Crippen LogP contribution in [0.3, 0.4) is 0 Å². The number of hydrogen-bond donors (Lipinski definition) is 1. The van der Waals surface area contributed by atoms with Crippen molar-refractivity contribution in [3.05, 3.63) is 58.1 Å². The molecular weight excluding hydrogens is 392 g/mol. The molecule has 2 amide bonds. The van der Waals surface area contributed by atoms with E-state index in [0.717, 1.165) is 21.4 Å². The van der Waals surface area contributed by atoms with E-state index in [-0.39, 0.29) is 23.8 Å². The molecule has 136 valence electrons. The lowest BCUT2D eigenvalue weighted by atomic mass is 9.87. The summed E-state index contributed by atoms with van der Waals surface area (Å²) < 4.78 is 0.980. The Hall–Kier alpha value is -2.14. The Kier molecular flexibility index (Phi) is 5.19. The number of anilines is 2. The van der Waals surface area contributed by atoms with Crippen LogP contribution in [0.4, 0.5) is 11.4 Å². The second kappa shape index (κ2) is 7.23. The number of nitrogens with one attached hydrogen (secondary N) is 1. The normalized spacial score (nSPS) is 14.2. The summed E-state index contributed by atoms with van der Waals surface area (Å²) in [6.45, 7) is 6.48. The van der Waals surface area contributed by atoms with E-state index >= 15 is 0 Å². The van der Waals surface area contributed by atoms with Crippen LogP contribution in [0.5, 0.6) is 0 Å². The molecule has 0 bridgehead atoms. The highest BCUT2D eigenvalue weighted by molar-refractivity contribution is 9.10. The zero-order chi connectivity index (χ0) is 18.9. The molecule has 1 aliphatic heterocycles. The van der Waals surface area contributed by atoms with Gasteiger partial charge in [-0.15, -0.1) is 0 Å². The standard InChI is InChI=1S/C21H23BrN2O2/c1-21(2,3)15-5-8-17(9-6-15)23-19(25)13-24-18-10-7-16(22)12-14(18)4-11-20(24)26/h5-10,12H,4,11,13H2,1-3H3,(H,23,25). The minimum absolute atomic E-state index is 0.0157. The molecule has 4 nitrogen and oxygen atoms in total. The van der Waals surface area contributed by atoms with Crippen molar-refractivity contribution in [2.45, 2.75) is 39.0 Å². The van der Waals surface area contributed by atoms with E-state index in [1.807, 2.05) is 42.5 Å². The molecule has 0 radical (unpaired) electrons. The number of hydrogen-bond acceptors (Lipinski definition) is 2. The number of fused-ring (bicyclic) bond motifs is 1. The second-order valence-electron chi connectivity index (χ2n) is 7.63. The van der Waals surface area contributed by atoms with Crippen LogP contribution < -0.4 is 10.2 Å². The summed E-state index contributed by atoms with van der Waals surface area (Å²) in [5.41, 5.74) is 3.93. The van der Waals surface area contributed by atoms with E-state index in [2.05, 4.69) is 42.0 Å². The molecule has 0 fully saturated rings. The van der Waals surface area contributed by atoms with Gasteiger partial charge >= 0.3 is 0 Å². The summed E-state index contributed by atoms with van der Waals surface area (Å²) in [6, 6.07) is 13.7. The van der Waals surface area contributed by atoms with Crippen molar-refractivity contribution in [3.63, 3.8) is 0 Å². The van der Waals surface area contributed by atoms with Gasteiger partial charge in [-0.25, -0.2) is 0 Å². The fraction of sp³-hybridized carbons (Fsp3) is 0.333. The molecule has 0 spiro atoms. The van der Waals surface area contributed by atoms with Gasteiger partial charge in [-0.05, 0) is 53.3 Å². The molecule has 5 heteroatoms. The van der Waals surface area contributed by atoms with E-state index in [1.54, 1.807) is 4.90 Å². The third-order valence-corrected chi connectivity index (χ3v) is 5.07. The van der Waals surface area contributed by atoms with Crippen molar-refractivity contribution in [2.24, 2.45) is 0 Å². The highest BCUT2D eigenvalue weighted by atomic mass is 79.9. The molecule has 1 N–H and O–H groups in total. The first-order valence-corrected chi connectivity index (χ1v) is 9.52. The van der Waals surface area contributed by atoms with Crippen molar-refractivity contribution in [2.75, 3.05) is 16.8 Å². The molecule has 2 aromatic rings. The number of carbonyl (C=O) groups is 2. The fourth-order valence-electron chi connectivity index (χ4n) is 3.10. The average Bonchev–Trinajstić information content (AvgIpc) is 2.57. The maximum absolute atomic E-state index is 12.5. The minimum Gasteiger partial charge on any atom is -0.325 e. The summed E-state index contributed by atoms with van der Waals surface area (Å²) in [5, 5.41) is 2.89. The Morgan fingerprint density at radius 1 is 1.12 bits per heavy atom. The van der Waals surface area contributed by atoms with Crippen LogP contribution in [0.25, 0.3) is 0 Å². The quantitative estimate of drug-likeness (QED) is 0.793. The lowest BCUT2D eigenvalue weighted by Gasteiger charge is -2.29. The van der Waals surface area contributed by atoms with Gasteiger partial charge in [-0.3, -0.25) is 9.59 Å². The molecule has 26 heavy (non-hydrogen) atoms. The third kappa shape index (κ3) is 4.15. The number of benzene rings is 2. The topological polar surface area (TPSA) is 49.4 Å². The molecule has 2 aromatic carbocycles. The van der Waals surface area contributed by atoms with Crippen molar-refractivity contribution >= 4 is 39.1 Å². The molecule has 0 saturated carbocycles. The van der Waals surface area contributed by atoms with Crippen molar-refractivity contribution in [1.82, 2.24) is 0 Å². The third-order valence-electron chi connectivity index (χ3n) is 4.58. The Balaban J connectivity index is 1.71. The minimum atomic E-state index is -0.197. The highest BCUT2D eigenvalue weighted by Crippen LogP contribution is 2.30. The molecule has 1 aliphatic rings. The zero-order valence-electron chi connectivity index (χ0n) is 15.3. The maximum atomic E-state index is 12.5. The molecule has 0 aromatic heterocycles. The van der Waals surface area contributed by atoms with Crippen molar-refractivity contribution in [3.8, 4) is 0 Å². The van der Waals surface area contributed by atoms with E-state index in [0.29, 0.717) is 12.8 Å². The van der Waals surface area contributed by atoms with Crippen molar-refractivity contribution in [1.29, 1.82) is 0 Å². The van der Waals surface area contributed by atoms with Crippen LogP contribution in [-0.2, 0) is 21.4 Å². The summed E-state index contributed by atoms with van der Waals surface area (Å²) in [5.74, 6) is -0.212. The fourth-order valence-corrected chi connectivity index (χ4v) is 3.51. The van der Waals surface area contributed by atoms with Gasteiger partial charge in [0.05, 0.1) is 0 Å². The Morgan fingerprint density at radius 3 is 2.46 bits per heavy atom. The summed E-state index contributed by atoms with van der Waals surface area (Å²) >= 11 is 3.46. The van der Waals surface area contributed by atoms with E-state index in [4.69, 9.17) is 0 Å². The highest BCUT2D eigenvalue weighted by Gasteiger charge is 2.26. The largest absolute Gasteiger partial charge is 0.325 e. The Bertz CT molecular complexity index is 838. The van der Waals surface area contributed by atoms with Gasteiger partial charge in [0.2, 0.25) is 11.8 Å². The monoisotopic (exact) mass is 414 g/mol. The van der Waals surface area contributed by atoms with Crippen LogP contribution >= 0.6 is 15.9 Å². The second-order valence-corrected chi connectivity index (χ2v) is 8.54. The summed E-state index contributed by atoms with van der Waals surface area (Å²) in [4.78, 5) is 26.4. The maximum Gasteiger partial charge on any atom is 0.244 e. The van der Waals surface area contributed by atoms with Gasteiger partial charge in [-0.1, -0.05) is 48.8 Å². The first-order chi connectivity index (χ1) is 12.2. The van der Waals surface area contributed by atoms with Crippen LogP contribution in [0.15, 0.2) is 46.9 Å². The number of amides is 2. The molecular formula is C21H23BrN2O2. The van der Waals surface area contributed by atoms with E-state index in [1.165, 1.54) is 5.56 Å². The molecule has 0 unspecified atom stereocenters. The van der Waals surface area contributed by atoms with Crippen LogP contribution in [0.2, 0.25) is 0 Å². The van der Waals surface area contributed by atoms with Gasteiger partial charge in [0.15, 0.2) is 0 Å². The lowest BCUT2D eigenvalue weighted by molar-refractivity contribution is -0.121. The summed E-state index contributed by atoms with van der Waals surface area (Å²) in [6.07, 6.45) is 1.14. The molecule has 3 rings (SSSR count). The molecule has 0 aliphatic carbocycles. The summed E-state index contributed by atoms with van der Waals surface area (Å²) in [7, 11) is 0. The molecule has 0 saturated heterocycles. The lowest BCUT2D eigenvalue weighted by Crippen LogP contribution is -2.40. The van der Waals surface area contributed by atoms with Gasteiger partial charge in [0.25, 0.3) is 0 Å². The zero-order valence-corrected chi connectivity index (χ0v) is 16.9. The Labute approximate surface area is 162 Å². The number of carbonyl (C=O) groups excluding carboxylic acids is 2. The smallest absolute Gasteiger partial charge is 0.244 e. The number of rotatable bonds is 3. The molecule has 0 atom stereocenters. The average molecular weight is 415 g/mol. The predicted octanol–water partition coefficient (Wildman–Crippen LogP) is 4.66. The van der Waals surface area contributed by atoms with Crippen molar-refractivity contribution < 1.29 is 9.59 Å². The van der Waals surface area contributed by atoms with Crippen LogP contribution in [0, 0.1) is 0 Å². The number of nitrogens with zero attached hydrogens (tertiary/aromatic N) is 1. The molecule has 1 heterocycles. The first-order valence-electron chi connectivity index (χ1n) is 8.73. The van der Waals surface area contributed by atoms with E-state index < -0.39 is 0 Å². The van der Waals surface area contributed by atoms with Crippen LogP contribution in [-0.4, -0.2) is 18.4 Å². The predicted molar refractivity (Wildman–Crippen MR) is 109 cm³/mol. The first kappa shape index (κ1) is 18.6. The SMILES string of the molecule is CC(C)(C)c1ccc(NC(=O)CN2C(=O)CCc3cc(Br)ccc32)cc1. The van der Waals surface area contributed by atoms with Crippen LogP contribution in [0.1, 0.15) is 38.3 Å². The van der Waals surface area contributed by atoms with Gasteiger partial charge < -0.3 is 10.2 Å².